The Labute approximate surface area is 167 Å². The van der Waals surface area contributed by atoms with Crippen LogP contribution in [-0.4, -0.2) is 5.96 Å². The predicted octanol–water partition coefficient (Wildman–Crippen LogP) is 6.06. The van der Waals surface area contributed by atoms with Gasteiger partial charge in [0, 0.05) is 21.4 Å². The second kappa shape index (κ2) is 6.55. The zero-order valence-corrected chi connectivity index (χ0v) is 15.6. The van der Waals surface area contributed by atoms with Crippen molar-refractivity contribution in [3.05, 3.63) is 88.3 Å². The number of hydrogen-bond acceptors (Lipinski definition) is 2. The van der Waals surface area contributed by atoms with Gasteiger partial charge in [-0.15, -0.1) is 0 Å². The molecule has 1 aliphatic carbocycles. The Morgan fingerprint density at radius 2 is 1.52 bits per heavy atom. The highest BCUT2D eigenvalue weighted by atomic mass is 15.2. The molecular weight excluding hydrogens is 360 g/mol. The molecule has 5 rings (SSSR count). The highest BCUT2D eigenvalue weighted by Crippen LogP contribution is 2.42. The minimum absolute atomic E-state index is 0.0645. The fourth-order valence-corrected chi connectivity index (χ4v) is 4.41. The number of nitrogens with zero attached hydrogens (tertiary/aromatic N) is 4. The summed E-state index contributed by atoms with van der Waals surface area (Å²) in [5.41, 5.74) is 19.9. The van der Waals surface area contributed by atoms with Gasteiger partial charge >= 0.3 is 0 Å². The van der Waals surface area contributed by atoms with Gasteiger partial charge in [0.05, 0.1) is 11.4 Å². The fraction of sp³-hybridized carbons (Fsp3) is 0.0870. The SMILES string of the molecule is [N-]=[N+]=Nc1ccc(N(C(=N)N)c2ccc3c4c(cccc24)CC3)c2ccccc12. The predicted molar refractivity (Wildman–Crippen MR) is 118 cm³/mol. The number of anilines is 2. The van der Waals surface area contributed by atoms with Crippen molar-refractivity contribution >= 4 is 44.6 Å². The molecule has 0 spiro atoms. The number of nitrogens with one attached hydrogen (secondary N) is 1. The molecule has 0 heterocycles. The summed E-state index contributed by atoms with van der Waals surface area (Å²) in [5, 5.41) is 16.2. The van der Waals surface area contributed by atoms with Crippen LogP contribution in [0.25, 0.3) is 32.0 Å². The van der Waals surface area contributed by atoms with E-state index in [9.17, 15) is 0 Å². The Kier molecular flexibility index (Phi) is 3.86. The Balaban J connectivity index is 1.81. The van der Waals surface area contributed by atoms with E-state index < -0.39 is 0 Å². The van der Waals surface area contributed by atoms with E-state index in [0.717, 1.165) is 40.4 Å². The standard InChI is InChI=1S/C23H18N6/c24-23(25)29(20-13-11-19(27-28-26)16-5-1-2-6-17(16)20)21-12-10-15-9-8-14-4-3-7-18(21)22(14)15/h1-7,10-13H,8-9H2,(H3,24,25). The molecule has 4 aromatic rings. The Morgan fingerprint density at radius 1 is 0.862 bits per heavy atom. The first-order valence-corrected chi connectivity index (χ1v) is 9.43. The van der Waals surface area contributed by atoms with Gasteiger partial charge in [-0.2, -0.15) is 0 Å². The van der Waals surface area contributed by atoms with Gasteiger partial charge in [-0.05, 0) is 58.5 Å². The topological polar surface area (TPSA) is 102 Å². The van der Waals surface area contributed by atoms with Crippen molar-refractivity contribution in [3.8, 4) is 0 Å². The molecule has 140 valence electrons. The molecular formula is C23H18N6. The normalized spacial score (nSPS) is 12.1. The molecule has 0 saturated heterocycles. The van der Waals surface area contributed by atoms with Crippen molar-refractivity contribution in [2.24, 2.45) is 10.8 Å². The van der Waals surface area contributed by atoms with Gasteiger partial charge in [-0.3, -0.25) is 10.3 Å². The van der Waals surface area contributed by atoms with Crippen molar-refractivity contribution < 1.29 is 0 Å². The van der Waals surface area contributed by atoms with Crippen LogP contribution in [0.15, 0.2) is 71.8 Å². The summed E-state index contributed by atoms with van der Waals surface area (Å²) in [4.78, 5) is 4.70. The van der Waals surface area contributed by atoms with Crippen LogP contribution in [0, 0.1) is 5.41 Å². The molecule has 0 aliphatic heterocycles. The van der Waals surface area contributed by atoms with E-state index in [0.29, 0.717) is 5.69 Å². The van der Waals surface area contributed by atoms with Crippen molar-refractivity contribution in [2.75, 3.05) is 4.90 Å². The lowest BCUT2D eigenvalue weighted by molar-refractivity contribution is 1.02. The van der Waals surface area contributed by atoms with E-state index >= 15 is 0 Å². The van der Waals surface area contributed by atoms with Gasteiger partial charge in [0.25, 0.3) is 0 Å². The fourth-order valence-electron chi connectivity index (χ4n) is 4.41. The van der Waals surface area contributed by atoms with Crippen LogP contribution in [0.5, 0.6) is 0 Å². The molecule has 0 unspecified atom stereocenters. The van der Waals surface area contributed by atoms with Crippen molar-refractivity contribution in [2.45, 2.75) is 12.8 Å². The van der Waals surface area contributed by atoms with E-state index in [4.69, 9.17) is 16.7 Å². The summed E-state index contributed by atoms with van der Waals surface area (Å²) in [7, 11) is 0. The second-order valence-corrected chi connectivity index (χ2v) is 7.14. The summed E-state index contributed by atoms with van der Waals surface area (Å²) < 4.78 is 0. The molecule has 0 radical (unpaired) electrons. The van der Waals surface area contributed by atoms with E-state index in [1.807, 2.05) is 36.4 Å². The van der Waals surface area contributed by atoms with Gasteiger partial charge in [0.2, 0.25) is 0 Å². The van der Waals surface area contributed by atoms with Crippen LogP contribution in [0.3, 0.4) is 0 Å². The molecule has 0 amide bonds. The van der Waals surface area contributed by atoms with E-state index in [2.05, 4.69) is 34.3 Å². The lowest BCUT2D eigenvalue weighted by Crippen LogP contribution is -2.32. The average Bonchev–Trinajstić information content (AvgIpc) is 3.16. The van der Waals surface area contributed by atoms with Gasteiger partial charge in [0.1, 0.15) is 0 Å². The van der Waals surface area contributed by atoms with Gasteiger partial charge in [0.15, 0.2) is 5.96 Å². The van der Waals surface area contributed by atoms with Crippen molar-refractivity contribution in [1.82, 2.24) is 0 Å². The molecule has 6 heteroatoms. The van der Waals surface area contributed by atoms with E-state index in [-0.39, 0.29) is 5.96 Å². The molecule has 6 nitrogen and oxygen atoms in total. The highest BCUT2D eigenvalue weighted by Gasteiger charge is 2.22. The van der Waals surface area contributed by atoms with E-state index in [1.54, 1.807) is 11.0 Å². The van der Waals surface area contributed by atoms with Gasteiger partial charge < -0.3 is 5.73 Å². The molecule has 3 N–H and O–H groups in total. The molecule has 0 fully saturated rings. The number of rotatable bonds is 3. The third-order valence-electron chi connectivity index (χ3n) is 5.61. The summed E-state index contributed by atoms with van der Waals surface area (Å²) >= 11 is 0. The zero-order valence-electron chi connectivity index (χ0n) is 15.6. The number of guanidine groups is 1. The zero-order chi connectivity index (χ0) is 20.0. The quantitative estimate of drug-likeness (QED) is 0.149. The molecule has 4 aromatic carbocycles. The highest BCUT2D eigenvalue weighted by molar-refractivity contribution is 6.15. The molecule has 0 bridgehead atoms. The van der Waals surface area contributed by atoms with Gasteiger partial charge in [-0.25, -0.2) is 0 Å². The molecule has 0 saturated carbocycles. The largest absolute Gasteiger partial charge is 0.369 e. The maximum absolute atomic E-state index is 8.89. The minimum atomic E-state index is -0.0645. The van der Waals surface area contributed by atoms with Crippen LogP contribution in [0.4, 0.5) is 17.1 Å². The summed E-state index contributed by atoms with van der Waals surface area (Å²) in [5.74, 6) is -0.0645. The summed E-state index contributed by atoms with van der Waals surface area (Å²) in [6.07, 6.45) is 2.08. The Morgan fingerprint density at radius 3 is 2.28 bits per heavy atom. The summed E-state index contributed by atoms with van der Waals surface area (Å²) in [6, 6.07) is 21.8. The lowest BCUT2D eigenvalue weighted by atomic mass is 10.0. The first kappa shape index (κ1) is 17.1. The first-order chi connectivity index (χ1) is 14.2. The number of benzene rings is 4. The number of nitrogens with two attached hydrogens (primary N) is 1. The van der Waals surface area contributed by atoms with Crippen LogP contribution in [0.1, 0.15) is 11.1 Å². The van der Waals surface area contributed by atoms with Crippen molar-refractivity contribution in [3.63, 3.8) is 0 Å². The maximum Gasteiger partial charge on any atom is 0.197 e. The second-order valence-electron chi connectivity index (χ2n) is 7.14. The van der Waals surface area contributed by atoms with Crippen LogP contribution in [-0.2, 0) is 12.8 Å². The average molecular weight is 378 g/mol. The number of fused-ring (bicyclic) bond motifs is 1. The third kappa shape index (κ3) is 2.58. The Bertz CT molecular complexity index is 1340. The molecule has 1 aliphatic rings. The summed E-state index contributed by atoms with van der Waals surface area (Å²) in [6.45, 7) is 0. The molecule has 0 atom stereocenters. The molecule has 29 heavy (non-hydrogen) atoms. The van der Waals surface area contributed by atoms with Crippen LogP contribution >= 0.6 is 0 Å². The Hall–Kier alpha value is -4.02. The number of aryl methyl sites for hydroxylation is 2. The van der Waals surface area contributed by atoms with E-state index in [1.165, 1.54) is 16.5 Å². The third-order valence-corrected chi connectivity index (χ3v) is 5.61. The first-order valence-electron chi connectivity index (χ1n) is 9.43. The lowest BCUT2D eigenvalue weighted by Gasteiger charge is -2.26. The maximum atomic E-state index is 8.89. The van der Waals surface area contributed by atoms with Crippen LogP contribution < -0.4 is 10.6 Å². The number of hydrogen-bond donors (Lipinski definition) is 2. The molecule has 0 aromatic heterocycles. The monoisotopic (exact) mass is 378 g/mol. The smallest absolute Gasteiger partial charge is 0.197 e. The minimum Gasteiger partial charge on any atom is -0.369 e. The van der Waals surface area contributed by atoms with Gasteiger partial charge in [-0.1, -0.05) is 53.6 Å². The van der Waals surface area contributed by atoms with Crippen LogP contribution in [0.2, 0.25) is 0 Å². The van der Waals surface area contributed by atoms with Crippen molar-refractivity contribution in [1.29, 1.82) is 5.41 Å². The number of azide groups is 1.